The van der Waals surface area contributed by atoms with Crippen molar-refractivity contribution < 1.29 is 9.13 Å². The zero-order valence-corrected chi connectivity index (χ0v) is 12.9. The number of ether oxygens (including phenoxy) is 1. The molecule has 2 aromatic carbocycles. The molecule has 0 fully saturated rings. The Morgan fingerprint density at radius 2 is 2.00 bits per heavy atom. The highest BCUT2D eigenvalue weighted by atomic mass is 35.5. The Bertz CT molecular complexity index is 702. The number of aryl methyl sites for hydroxylation is 1. The molecule has 21 heavy (non-hydrogen) atoms. The first-order valence-electron chi connectivity index (χ1n) is 6.32. The molecular weight excluding hydrogens is 310 g/mol. The lowest BCUT2D eigenvalue weighted by Crippen LogP contribution is -1.99. The van der Waals surface area contributed by atoms with E-state index in [9.17, 15) is 4.39 Å². The Labute approximate surface area is 133 Å². The van der Waals surface area contributed by atoms with E-state index in [4.69, 9.17) is 27.9 Å². The number of rotatable bonds is 3. The number of hydrogen-bond donors (Lipinski definition) is 0. The second-order valence-electron chi connectivity index (χ2n) is 4.44. The molecule has 108 valence electrons. The van der Waals surface area contributed by atoms with Crippen LogP contribution in [0, 0.1) is 24.6 Å². The molecule has 0 N–H and O–H groups in total. The molecule has 0 radical (unpaired) electrons. The molecule has 4 heteroatoms. The van der Waals surface area contributed by atoms with Crippen LogP contribution in [-0.2, 0) is 6.61 Å². The molecule has 0 amide bonds. The number of hydrogen-bond acceptors (Lipinski definition) is 1. The van der Waals surface area contributed by atoms with Gasteiger partial charge in [0.2, 0.25) is 0 Å². The van der Waals surface area contributed by atoms with Crippen LogP contribution in [0.3, 0.4) is 0 Å². The first kappa shape index (κ1) is 15.7. The second kappa shape index (κ2) is 7.36. The van der Waals surface area contributed by atoms with Crippen LogP contribution in [-0.4, -0.2) is 5.88 Å². The van der Waals surface area contributed by atoms with E-state index in [0.29, 0.717) is 22.2 Å². The molecule has 0 saturated carbocycles. The number of alkyl halides is 1. The van der Waals surface area contributed by atoms with E-state index < -0.39 is 0 Å². The van der Waals surface area contributed by atoms with Gasteiger partial charge in [0.05, 0.1) is 5.88 Å². The van der Waals surface area contributed by atoms with Crippen LogP contribution < -0.4 is 4.74 Å². The predicted molar refractivity (Wildman–Crippen MR) is 84.5 cm³/mol. The highest BCUT2D eigenvalue weighted by molar-refractivity contribution is 6.30. The quantitative estimate of drug-likeness (QED) is 0.573. The molecule has 0 saturated heterocycles. The van der Waals surface area contributed by atoms with Gasteiger partial charge in [0.1, 0.15) is 18.2 Å². The third-order valence-electron chi connectivity index (χ3n) is 2.90. The van der Waals surface area contributed by atoms with Gasteiger partial charge < -0.3 is 4.74 Å². The smallest absolute Gasteiger partial charge is 0.131 e. The summed E-state index contributed by atoms with van der Waals surface area (Å²) in [6.07, 6.45) is 0. The number of benzene rings is 2. The highest BCUT2D eigenvalue weighted by Gasteiger charge is 2.05. The molecule has 2 rings (SSSR count). The largest absolute Gasteiger partial charge is 0.489 e. The maximum absolute atomic E-state index is 13.6. The molecule has 0 bridgehead atoms. The van der Waals surface area contributed by atoms with Crippen LogP contribution in [0.25, 0.3) is 0 Å². The van der Waals surface area contributed by atoms with Crippen molar-refractivity contribution in [3.63, 3.8) is 0 Å². The lowest BCUT2D eigenvalue weighted by molar-refractivity contribution is 0.299. The SMILES string of the molecule is Cc1cc(OCc2ccc(Cl)cc2F)ccc1C#CCCl. The van der Waals surface area contributed by atoms with E-state index in [1.54, 1.807) is 18.2 Å². The molecule has 0 aromatic heterocycles. The monoisotopic (exact) mass is 322 g/mol. The minimum absolute atomic E-state index is 0.148. The molecule has 0 aliphatic carbocycles. The normalized spacial score (nSPS) is 9.90. The van der Waals surface area contributed by atoms with E-state index in [-0.39, 0.29) is 12.4 Å². The lowest BCUT2D eigenvalue weighted by atomic mass is 10.1. The third-order valence-corrected chi connectivity index (χ3v) is 3.27. The summed E-state index contributed by atoms with van der Waals surface area (Å²) in [6.45, 7) is 2.09. The topological polar surface area (TPSA) is 9.23 Å². The molecule has 0 unspecified atom stereocenters. The van der Waals surface area contributed by atoms with Gasteiger partial charge in [-0.3, -0.25) is 0 Å². The molecule has 0 aliphatic heterocycles. The predicted octanol–water partition coefficient (Wildman–Crippen LogP) is 4.96. The summed E-state index contributed by atoms with van der Waals surface area (Å²) in [6, 6.07) is 10.1. The van der Waals surface area contributed by atoms with E-state index in [1.807, 2.05) is 19.1 Å². The summed E-state index contributed by atoms with van der Waals surface area (Å²) < 4.78 is 19.2. The van der Waals surface area contributed by atoms with Gasteiger partial charge in [-0.1, -0.05) is 29.5 Å². The lowest BCUT2D eigenvalue weighted by Gasteiger charge is -2.09. The maximum atomic E-state index is 13.6. The summed E-state index contributed by atoms with van der Waals surface area (Å²) in [5, 5.41) is 0.370. The molecule has 0 atom stereocenters. The van der Waals surface area contributed by atoms with Crippen molar-refractivity contribution in [2.24, 2.45) is 0 Å². The highest BCUT2D eigenvalue weighted by Crippen LogP contribution is 2.20. The van der Waals surface area contributed by atoms with Gasteiger partial charge in [-0.05, 0) is 42.8 Å². The van der Waals surface area contributed by atoms with E-state index in [2.05, 4.69) is 11.8 Å². The van der Waals surface area contributed by atoms with Gasteiger partial charge in [-0.15, -0.1) is 11.6 Å². The summed E-state index contributed by atoms with van der Waals surface area (Å²) in [7, 11) is 0. The summed E-state index contributed by atoms with van der Waals surface area (Å²) in [4.78, 5) is 0. The second-order valence-corrected chi connectivity index (χ2v) is 5.14. The first-order chi connectivity index (χ1) is 10.1. The molecule has 0 heterocycles. The van der Waals surface area contributed by atoms with Crippen LogP contribution in [0.1, 0.15) is 16.7 Å². The molecular formula is C17H13Cl2FO. The van der Waals surface area contributed by atoms with Crippen molar-refractivity contribution in [1.29, 1.82) is 0 Å². The van der Waals surface area contributed by atoms with Gasteiger partial charge in [-0.2, -0.15) is 0 Å². The minimum atomic E-state index is -0.371. The Morgan fingerprint density at radius 1 is 1.19 bits per heavy atom. The minimum Gasteiger partial charge on any atom is -0.489 e. The van der Waals surface area contributed by atoms with Crippen LogP contribution in [0.15, 0.2) is 36.4 Å². The van der Waals surface area contributed by atoms with Gasteiger partial charge in [-0.25, -0.2) is 4.39 Å². The first-order valence-corrected chi connectivity index (χ1v) is 7.23. The van der Waals surface area contributed by atoms with Gasteiger partial charge >= 0.3 is 0 Å². The molecule has 0 spiro atoms. The van der Waals surface area contributed by atoms with Crippen molar-refractivity contribution in [2.75, 3.05) is 5.88 Å². The zero-order valence-electron chi connectivity index (χ0n) is 11.4. The van der Waals surface area contributed by atoms with E-state index in [0.717, 1.165) is 11.1 Å². The average Bonchev–Trinajstić information content (AvgIpc) is 2.45. The number of halogens is 3. The van der Waals surface area contributed by atoms with Crippen molar-refractivity contribution in [3.05, 3.63) is 63.9 Å². The van der Waals surface area contributed by atoms with Crippen molar-refractivity contribution in [1.82, 2.24) is 0 Å². The average molecular weight is 323 g/mol. The van der Waals surface area contributed by atoms with Crippen LogP contribution in [0.2, 0.25) is 5.02 Å². The fourth-order valence-corrected chi connectivity index (χ4v) is 2.02. The fourth-order valence-electron chi connectivity index (χ4n) is 1.79. The van der Waals surface area contributed by atoms with Crippen molar-refractivity contribution in [2.45, 2.75) is 13.5 Å². The van der Waals surface area contributed by atoms with Crippen molar-refractivity contribution >= 4 is 23.2 Å². The molecule has 0 aliphatic rings. The zero-order chi connectivity index (χ0) is 15.2. The summed E-state index contributed by atoms with van der Waals surface area (Å²) >= 11 is 11.2. The Morgan fingerprint density at radius 3 is 2.67 bits per heavy atom. The Kier molecular flexibility index (Phi) is 5.50. The summed E-state index contributed by atoms with van der Waals surface area (Å²) in [5.41, 5.74) is 2.35. The Balaban J connectivity index is 2.08. The van der Waals surface area contributed by atoms with Crippen LogP contribution in [0.5, 0.6) is 5.75 Å². The van der Waals surface area contributed by atoms with Crippen LogP contribution in [0.4, 0.5) is 4.39 Å². The Hall–Kier alpha value is -1.69. The standard InChI is InChI=1S/C17H13Cl2FO/c1-12-9-16(7-5-13(12)3-2-8-18)21-11-14-4-6-15(19)10-17(14)20/h4-7,9-10H,8,11H2,1H3. The van der Waals surface area contributed by atoms with Gasteiger partial charge in [0, 0.05) is 16.1 Å². The summed E-state index contributed by atoms with van der Waals surface area (Å²) in [5.74, 6) is 6.37. The van der Waals surface area contributed by atoms with Gasteiger partial charge in [0.15, 0.2) is 0 Å². The van der Waals surface area contributed by atoms with Crippen LogP contribution >= 0.6 is 23.2 Å². The van der Waals surface area contributed by atoms with E-state index in [1.165, 1.54) is 6.07 Å². The van der Waals surface area contributed by atoms with Crippen molar-refractivity contribution in [3.8, 4) is 17.6 Å². The van der Waals surface area contributed by atoms with E-state index >= 15 is 0 Å². The third kappa shape index (κ3) is 4.39. The van der Waals surface area contributed by atoms with Gasteiger partial charge in [0.25, 0.3) is 0 Å². The fraction of sp³-hybridized carbons (Fsp3) is 0.176. The maximum Gasteiger partial charge on any atom is 0.131 e. The molecule has 1 nitrogen and oxygen atoms in total. The molecule has 2 aromatic rings.